The fraction of sp³-hybridized carbons (Fsp3) is 0. The maximum atomic E-state index is 5.34. The molecule has 5 heterocycles. The van der Waals surface area contributed by atoms with E-state index >= 15 is 0 Å². The highest BCUT2D eigenvalue weighted by atomic mass is 32.1. The normalized spacial score (nSPS) is 11.8. The van der Waals surface area contributed by atoms with Crippen LogP contribution in [0.4, 0.5) is 0 Å². The van der Waals surface area contributed by atoms with Gasteiger partial charge in [0.25, 0.3) is 0 Å². The summed E-state index contributed by atoms with van der Waals surface area (Å²) in [6.07, 6.45) is 0. The average molecular weight is 841 g/mol. The van der Waals surface area contributed by atoms with Gasteiger partial charge in [0, 0.05) is 63.3 Å². The van der Waals surface area contributed by atoms with E-state index in [2.05, 4.69) is 174 Å². The molecule has 0 aliphatic carbocycles. The molecule has 5 aromatic heterocycles. The average Bonchev–Trinajstić information content (AvgIpc) is 4.04. The second-order valence-electron chi connectivity index (χ2n) is 15.6. The Morgan fingerprint density at radius 1 is 0.349 bits per heavy atom. The molecule has 13 aromatic rings. The number of hydrogen-bond donors (Lipinski definition) is 0. The van der Waals surface area contributed by atoms with Crippen molar-refractivity contribution in [3.05, 3.63) is 194 Å². The lowest BCUT2D eigenvalue weighted by Crippen LogP contribution is -2.06. The number of para-hydroxylation sites is 1. The monoisotopic (exact) mass is 840 g/mol. The molecule has 0 amide bonds. The van der Waals surface area contributed by atoms with Crippen LogP contribution < -0.4 is 0 Å². The van der Waals surface area contributed by atoms with Gasteiger partial charge in [-0.25, -0.2) is 15.0 Å². The fourth-order valence-corrected chi connectivity index (χ4v) is 11.4. The van der Waals surface area contributed by atoms with Crippen molar-refractivity contribution in [2.24, 2.45) is 0 Å². The van der Waals surface area contributed by atoms with E-state index in [-0.39, 0.29) is 0 Å². The van der Waals surface area contributed by atoms with Crippen molar-refractivity contribution in [3.63, 3.8) is 0 Å². The molecule has 294 valence electrons. The summed E-state index contributed by atoms with van der Waals surface area (Å²) >= 11 is 3.52. The summed E-state index contributed by atoms with van der Waals surface area (Å²) in [6, 6.07) is 67.8. The minimum absolute atomic E-state index is 0.565. The summed E-state index contributed by atoms with van der Waals surface area (Å²) in [6.45, 7) is 0. The van der Waals surface area contributed by atoms with Gasteiger partial charge in [-0.05, 0) is 53.6 Å². The molecule has 8 aromatic carbocycles. The van der Waals surface area contributed by atoms with Crippen LogP contribution in [-0.4, -0.2) is 29.5 Å². The van der Waals surface area contributed by atoms with E-state index in [0.29, 0.717) is 17.6 Å². The summed E-state index contributed by atoms with van der Waals surface area (Å²) in [7, 11) is 0. The first kappa shape index (κ1) is 35.8. The van der Waals surface area contributed by atoms with Crippen molar-refractivity contribution in [2.75, 3.05) is 0 Å². The van der Waals surface area contributed by atoms with Crippen molar-refractivity contribution in [2.45, 2.75) is 0 Å². The Morgan fingerprint density at radius 3 is 1.76 bits per heavy atom. The second-order valence-corrected chi connectivity index (χ2v) is 17.7. The van der Waals surface area contributed by atoms with Gasteiger partial charge in [0.2, 0.25) is 5.95 Å². The van der Waals surface area contributed by atoms with Crippen molar-refractivity contribution in [1.82, 2.24) is 29.5 Å². The van der Waals surface area contributed by atoms with Crippen molar-refractivity contribution < 1.29 is 0 Å². The molecule has 63 heavy (non-hydrogen) atoms. The van der Waals surface area contributed by atoms with Gasteiger partial charge in [-0.3, -0.25) is 4.57 Å². The Labute approximate surface area is 369 Å². The van der Waals surface area contributed by atoms with Gasteiger partial charge in [0.1, 0.15) is 0 Å². The minimum Gasteiger partial charge on any atom is -0.278 e. The number of hydrogen-bond acceptors (Lipinski definition) is 7. The Balaban J connectivity index is 1.01. The number of thiophene rings is 2. The maximum Gasteiger partial charge on any atom is 0.238 e. The van der Waals surface area contributed by atoms with Gasteiger partial charge in [0.05, 0.1) is 26.9 Å². The lowest BCUT2D eigenvalue weighted by molar-refractivity contribution is 0.954. The van der Waals surface area contributed by atoms with E-state index in [1.165, 1.54) is 15.0 Å². The van der Waals surface area contributed by atoms with E-state index in [1.807, 2.05) is 24.3 Å². The summed E-state index contributed by atoms with van der Waals surface area (Å²) in [5, 5.41) is 5.73. The Bertz CT molecular complexity index is 3910. The van der Waals surface area contributed by atoms with E-state index < -0.39 is 0 Å². The van der Waals surface area contributed by atoms with E-state index in [9.17, 15) is 0 Å². The van der Waals surface area contributed by atoms with Crippen molar-refractivity contribution in [1.29, 1.82) is 0 Å². The second kappa shape index (κ2) is 14.3. The maximum absolute atomic E-state index is 5.34. The first-order valence-electron chi connectivity index (χ1n) is 20.8. The Hall–Kier alpha value is -7.91. The molecule has 0 unspecified atom stereocenters. The molecule has 8 heteroatoms. The molecule has 0 bridgehead atoms. The first-order chi connectivity index (χ1) is 31.2. The van der Waals surface area contributed by atoms with Crippen LogP contribution in [0.1, 0.15) is 0 Å². The predicted molar refractivity (Wildman–Crippen MR) is 263 cm³/mol. The molecule has 0 saturated heterocycles. The lowest BCUT2D eigenvalue weighted by Gasteiger charge is -2.11. The van der Waals surface area contributed by atoms with Crippen LogP contribution in [0.5, 0.6) is 0 Å². The molecule has 13 rings (SSSR count). The minimum atomic E-state index is 0.565. The molecule has 0 radical (unpaired) electrons. The van der Waals surface area contributed by atoms with Crippen LogP contribution in [-0.2, 0) is 0 Å². The van der Waals surface area contributed by atoms with Gasteiger partial charge in [-0.1, -0.05) is 152 Å². The number of nitrogens with zero attached hydrogens (tertiary/aromatic N) is 6. The van der Waals surface area contributed by atoms with E-state index in [1.54, 1.807) is 22.7 Å². The molecule has 0 N–H and O–H groups in total. The Kier molecular flexibility index (Phi) is 8.15. The van der Waals surface area contributed by atoms with Crippen LogP contribution in [0.25, 0.3) is 125 Å². The number of rotatable bonds is 6. The number of aromatic nitrogens is 6. The third-order valence-corrected chi connectivity index (χ3v) is 14.3. The van der Waals surface area contributed by atoms with Crippen LogP contribution in [0.15, 0.2) is 194 Å². The largest absolute Gasteiger partial charge is 0.278 e. The third kappa shape index (κ3) is 5.80. The van der Waals surface area contributed by atoms with Gasteiger partial charge in [0.15, 0.2) is 17.5 Å². The molecule has 0 aliphatic rings. The van der Waals surface area contributed by atoms with Crippen molar-refractivity contribution >= 4 is 85.0 Å². The standard InChI is InChI=1S/C55H32N6S2/c1-4-16-33(17-5-1)37-24-15-28-44-47(37)39-22-10-12-27-43(39)61(44)55-59-52(35-20-8-3-9-21-35)58-53(60-55)36-30-31-46-42(32-36)38-25-14-26-41(50(38)62-46)54-56-48(34-18-6-2-7-19-34)51-49(57-54)40-23-11-13-29-45(40)63-51/h1-32H. The van der Waals surface area contributed by atoms with Gasteiger partial charge < -0.3 is 0 Å². The van der Waals surface area contributed by atoms with Crippen molar-refractivity contribution in [3.8, 4) is 62.5 Å². The highest BCUT2D eigenvalue weighted by Gasteiger charge is 2.22. The van der Waals surface area contributed by atoms with Gasteiger partial charge in [-0.2, -0.15) is 9.97 Å². The molecule has 6 nitrogen and oxygen atoms in total. The quantitative estimate of drug-likeness (QED) is 0.167. The summed E-state index contributed by atoms with van der Waals surface area (Å²) in [5.74, 6) is 2.50. The molecule has 0 atom stereocenters. The summed E-state index contributed by atoms with van der Waals surface area (Å²) in [5.41, 5.74) is 10.3. The van der Waals surface area contributed by atoms with E-state index in [0.717, 1.165) is 92.2 Å². The Morgan fingerprint density at radius 2 is 0.952 bits per heavy atom. The molecular formula is C55H32N6S2. The third-order valence-electron chi connectivity index (χ3n) is 11.9. The zero-order valence-electron chi connectivity index (χ0n) is 33.5. The highest BCUT2D eigenvalue weighted by Crippen LogP contribution is 2.44. The SMILES string of the molecule is c1ccc(-c2nc(-c3ccc4sc5c(-c6nc(-c7ccccc7)c7sc8ccccc8c7n6)cccc5c4c3)nc(-n3c4ccccc4c4c(-c5ccccc5)cccc43)n2)cc1. The molecule has 0 spiro atoms. The highest BCUT2D eigenvalue weighted by molar-refractivity contribution is 7.26. The summed E-state index contributed by atoms with van der Waals surface area (Å²) < 4.78 is 6.80. The first-order valence-corrected chi connectivity index (χ1v) is 22.5. The predicted octanol–water partition coefficient (Wildman–Crippen LogP) is 14.8. The van der Waals surface area contributed by atoms with Gasteiger partial charge >= 0.3 is 0 Å². The number of fused-ring (bicyclic) bond motifs is 9. The van der Waals surface area contributed by atoms with Crippen LogP contribution >= 0.6 is 22.7 Å². The lowest BCUT2D eigenvalue weighted by atomic mass is 9.99. The van der Waals surface area contributed by atoms with Crippen LogP contribution in [0.3, 0.4) is 0 Å². The van der Waals surface area contributed by atoms with Gasteiger partial charge in [-0.15, -0.1) is 22.7 Å². The molecule has 0 aliphatic heterocycles. The molecular weight excluding hydrogens is 809 g/mol. The topological polar surface area (TPSA) is 69.4 Å². The van der Waals surface area contributed by atoms with Crippen LogP contribution in [0, 0.1) is 0 Å². The summed E-state index contributed by atoms with van der Waals surface area (Å²) in [4.78, 5) is 26.4. The smallest absolute Gasteiger partial charge is 0.238 e. The fourth-order valence-electron chi connectivity index (χ4n) is 9.02. The molecule has 0 saturated carbocycles. The van der Waals surface area contributed by atoms with Crippen LogP contribution in [0.2, 0.25) is 0 Å². The molecule has 0 fully saturated rings. The zero-order chi connectivity index (χ0) is 41.4. The van der Waals surface area contributed by atoms with E-state index in [4.69, 9.17) is 24.9 Å². The number of benzene rings is 8. The zero-order valence-corrected chi connectivity index (χ0v) is 35.1.